The summed E-state index contributed by atoms with van der Waals surface area (Å²) in [5.74, 6) is 0.851. The van der Waals surface area contributed by atoms with Crippen LogP contribution in [0.4, 0.5) is 0 Å². The Labute approximate surface area is 99.4 Å². The van der Waals surface area contributed by atoms with Crippen LogP contribution in [0.15, 0.2) is 0 Å². The predicted octanol–water partition coefficient (Wildman–Crippen LogP) is 2.43. The van der Waals surface area contributed by atoms with Crippen molar-refractivity contribution in [2.45, 2.75) is 38.5 Å². The molecule has 1 aliphatic carbocycles. The number of ether oxygens (including phenoxy) is 1. The summed E-state index contributed by atoms with van der Waals surface area (Å²) in [5.41, 5.74) is 0. The Morgan fingerprint density at radius 3 is 2.62 bits per heavy atom. The third-order valence-electron chi connectivity index (χ3n) is 3.39. The first-order valence-electron chi connectivity index (χ1n) is 6.45. The van der Waals surface area contributed by atoms with Gasteiger partial charge in [0, 0.05) is 33.2 Å². The van der Waals surface area contributed by atoms with Gasteiger partial charge in [0.2, 0.25) is 0 Å². The van der Waals surface area contributed by atoms with Crippen LogP contribution >= 0.6 is 0 Å². The largest absolute Gasteiger partial charge is 0.383 e. The number of nitriles is 1. The molecule has 0 aromatic carbocycles. The average Bonchev–Trinajstić information content (AvgIpc) is 2.34. The third-order valence-corrected chi connectivity index (χ3v) is 3.39. The second-order valence-corrected chi connectivity index (χ2v) is 4.71. The summed E-state index contributed by atoms with van der Waals surface area (Å²) in [6.07, 6.45) is 7.57. The van der Waals surface area contributed by atoms with Crippen molar-refractivity contribution in [3.63, 3.8) is 0 Å². The molecule has 1 fully saturated rings. The lowest BCUT2D eigenvalue weighted by atomic mass is 9.89. The summed E-state index contributed by atoms with van der Waals surface area (Å²) in [6.45, 7) is 3.80. The maximum atomic E-state index is 8.64. The van der Waals surface area contributed by atoms with E-state index in [1.54, 1.807) is 7.11 Å². The zero-order chi connectivity index (χ0) is 11.6. The summed E-state index contributed by atoms with van der Waals surface area (Å²) in [4.78, 5) is 2.39. The first kappa shape index (κ1) is 13.5. The minimum Gasteiger partial charge on any atom is -0.383 e. The lowest BCUT2D eigenvalue weighted by molar-refractivity contribution is 0.130. The van der Waals surface area contributed by atoms with E-state index in [1.807, 2.05) is 0 Å². The van der Waals surface area contributed by atoms with Crippen LogP contribution in [0.1, 0.15) is 38.5 Å². The molecule has 3 nitrogen and oxygen atoms in total. The Balaban J connectivity index is 2.26. The van der Waals surface area contributed by atoms with Gasteiger partial charge < -0.3 is 4.74 Å². The van der Waals surface area contributed by atoms with E-state index in [2.05, 4.69) is 11.0 Å². The summed E-state index contributed by atoms with van der Waals surface area (Å²) in [6, 6.07) is 2.23. The van der Waals surface area contributed by atoms with Crippen molar-refractivity contribution in [2.75, 3.05) is 33.4 Å². The Morgan fingerprint density at radius 1 is 1.25 bits per heavy atom. The number of methoxy groups -OCH3 is 1. The Kier molecular flexibility index (Phi) is 7.20. The van der Waals surface area contributed by atoms with Crippen molar-refractivity contribution in [2.24, 2.45) is 5.92 Å². The molecule has 1 saturated carbocycles. The summed E-state index contributed by atoms with van der Waals surface area (Å²) in [5, 5.41) is 8.64. The molecule has 92 valence electrons. The molecule has 0 bridgehead atoms. The van der Waals surface area contributed by atoms with Gasteiger partial charge in [-0.1, -0.05) is 19.3 Å². The van der Waals surface area contributed by atoms with Gasteiger partial charge in [0.15, 0.2) is 0 Å². The van der Waals surface area contributed by atoms with Gasteiger partial charge in [0.25, 0.3) is 0 Å². The number of nitrogens with zero attached hydrogens (tertiary/aromatic N) is 2. The van der Waals surface area contributed by atoms with Crippen molar-refractivity contribution in [3.8, 4) is 6.07 Å². The molecule has 0 N–H and O–H groups in total. The van der Waals surface area contributed by atoms with Crippen LogP contribution in [0.3, 0.4) is 0 Å². The highest BCUT2D eigenvalue weighted by Crippen LogP contribution is 2.24. The van der Waals surface area contributed by atoms with Crippen LogP contribution in [0.2, 0.25) is 0 Å². The first-order chi connectivity index (χ1) is 7.86. The second-order valence-electron chi connectivity index (χ2n) is 4.71. The van der Waals surface area contributed by atoms with Gasteiger partial charge in [-0.2, -0.15) is 5.26 Å². The molecule has 0 amide bonds. The Bertz CT molecular complexity index is 206. The quantitative estimate of drug-likeness (QED) is 0.666. The highest BCUT2D eigenvalue weighted by Gasteiger charge is 2.16. The molecular formula is C13H24N2O. The van der Waals surface area contributed by atoms with E-state index < -0.39 is 0 Å². The fourth-order valence-electron chi connectivity index (χ4n) is 2.46. The molecule has 0 radical (unpaired) electrons. The molecule has 3 heteroatoms. The van der Waals surface area contributed by atoms with Gasteiger partial charge in [-0.15, -0.1) is 0 Å². The molecule has 16 heavy (non-hydrogen) atoms. The lowest BCUT2D eigenvalue weighted by Gasteiger charge is -2.29. The first-order valence-corrected chi connectivity index (χ1v) is 6.45. The van der Waals surface area contributed by atoms with E-state index in [-0.39, 0.29) is 0 Å². The highest BCUT2D eigenvalue weighted by molar-refractivity contribution is 4.75. The van der Waals surface area contributed by atoms with Crippen LogP contribution < -0.4 is 0 Å². The van der Waals surface area contributed by atoms with E-state index in [1.165, 1.54) is 32.1 Å². The molecule has 0 atom stereocenters. The van der Waals surface area contributed by atoms with Gasteiger partial charge in [-0.25, -0.2) is 0 Å². The van der Waals surface area contributed by atoms with E-state index in [0.29, 0.717) is 6.42 Å². The topological polar surface area (TPSA) is 36.3 Å². The number of rotatable bonds is 7. The van der Waals surface area contributed by atoms with Crippen LogP contribution in [-0.4, -0.2) is 38.3 Å². The molecule has 1 aliphatic rings. The van der Waals surface area contributed by atoms with Crippen LogP contribution in [0.25, 0.3) is 0 Å². The van der Waals surface area contributed by atoms with Gasteiger partial charge in [0.1, 0.15) is 0 Å². The Hall–Kier alpha value is -0.590. The van der Waals surface area contributed by atoms with Crippen molar-refractivity contribution >= 4 is 0 Å². The number of hydrogen-bond donors (Lipinski definition) is 0. The maximum Gasteiger partial charge on any atom is 0.0635 e. The van der Waals surface area contributed by atoms with Crippen LogP contribution in [0.5, 0.6) is 0 Å². The fraction of sp³-hybridized carbons (Fsp3) is 0.923. The van der Waals surface area contributed by atoms with E-state index in [4.69, 9.17) is 10.00 Å². The minimum absolute atomic E-state index is 0.635. The monoisotopic (exact) mass is 224 g/mol. The smallest absolute Gasteiger partial charge is 0.0635 e. The van der Waals surface area contributed by atoms with Crippen LogP contribution in [-0.2, 0) is 4.74 Å². The molecule has 0 heterocycles. The summed E-state index contributed by atoms with van der Waals surface area (Å²) < 4.78 is 5.12. The Morgan fingerprint density at radius 2 is 2.00 bits per heavy atom. The zero-order valence-corrected chi connectivity index (χ0v) is 10.5. The molecule has 0 unspecified atom stereocenters. The summed E-state index contributed by atoms with van der Waals surface area (Å²) in [7, 11) is 1.74. The maximum absolute atomic E-state index is 8.64. The van der Waals surface area contributed by atoms with E-state index in [9.17, 15) is 0 Å². The fourth-order valence-corrected chi connectivity index (χ4v) is 2.46. The second kappa shape index (κ2) is 8.55. The van der Waals surface area contributed by atoms with Crippen molar-refractivity contribution in [1.29, 1.82) is 5.26 Å². The molecule has 0 spiro atoms. The van der Waals surface area contributed by atoms with Crippen LogP contribution in [0, 0.1) is 17.2 Å². The SMILES string of the molecule is COCCN(CCC#N)CC1CCCCC1. The lowest BCUT2D eigenvalue weighted by Crippen LogP contribution is -2.34. The van der Waals surface area contributed by atoms with Gasteiger partial charge in [-0.3, -0.25) is 4.90 Å². The standard InChI is InChI=1S/C13H24N2O/c1-16-11-10-15(9-5-8-14)12-13-6-3-2-4-7-13/h13H,2-7,9-12H2,1H3. The molecule has 0 aromatic rings. The van der Waals surface area contributed by atoms with Gasteiger partial charge >= 0.3 is 0 Å². The third kappa shape index (κ3) is 5.48. The molecule has 0 aromatic heterocycles. The van der Waals surface area contributed by atoms with E-state index in [0.717, 1.165) is 32.2 Å². The summed E-state index contributed by atoms with van der Waals surface area (Å²) >= 11 is 0. The molecular weight excluding hydrogens is 200 g/mol. The minimum atomic E-state index is 0.635. The predicted molar refractivity (Wildman–Crippen MR) is 65.1 cm³/mol. The van der Waals surface area contributed by atoms with E-state index >= 15 is 0 Å². The highest BCUT2D eigenvalue weighted by atomic mass is 16.5. The zero-order valence-electron chi connectivity index (χ0n) is 10.5. The molecule has 0 saturated heterocycles. The normalized spacial score (nSPS) is 17.6. The average molecular weight is 224 g/mol. The van der Waals surface area contributed by atoms with Crippen molar-refractivity contribution in [3.05, 3.63) is 0 Å². The van der Waals surface area contributed by atoms with Crippen molar-refractivity contribution < 1.29 is 4.74 Å². The molecule has 0 aliphatic heterocycles. The number of hydrogen-bond acceptors (Lipinski definition) is 3. The molecule has 1 rings (SSSR count). The van der Waals surface area contributed by atoms with Gasteiger partial charge in [0.05, 0.1) is 12.7 Å². The van der Waals surface area contributed by atoms with Gasteiger partial charge in [-0.05, 0) is 18.8 Å². The van der Waals surface area contributed by atoms with Crippen molar-refractivity contribution in [1.82, 2.24) is 4.90 Å².